The molecule has 0 spiro atoms. The second-order valence-corrected chi connectivity index (χ2v) is 3.05. The van der Waals surface area contributed by atoms with E-state index in [0.29, 0.717) is 0 Å². The van der Waals surface area contributed by atoms with E-state index < -0.39 is 18.2 Å². The standard InChI is InChI=1S/C11H12FNO4/c1-2-16-11(15)9(12)17-8-6-4-3-5-7(8)10(13)14/h3-6,9H,2H2,1H3,(H2,13,14). The van der Waals surface area contributed by atoms with E-state index in [1.54, 1.807) is 13.0 Å². The molecule has 6 heteroatoms. The topological polar surface area (TPSA) is 78.6 Å². The summed E-state index contributed by atoms with van der Waals surface area (Å²) in [7, 11) is 0. The summed E-state index contributed by atoms with van der Waals surface area (Å²) in [4.78, 5) is 22.0. The van der Waals surface area contributed by atoms with Crippen LogP contribution < -0.4 is 10.5 Å². The maximum atomic E-state index is 13.3. The highest BCUT2D eigenvalue weighted by molar-refractivity contribution is 5.95. The molecule has 0 saturated carbocycles. The molecule has 0 aromatic heterocycles. The number of rotatable bonds is 5. The molecule has 1 atom stereocenters. The van der Waals surface area contributed by atoms with Crippen molar-refractivity contribution in [2.75, 3.05) is 6.61 Å². The van der Waals surface area contributed by atoms with Crippen LogP contribution >= 0.6 is 0 Å². The molecule has 1 aromatic rings. The zero-order chi connectivity index (χ0) is 12.8. The largest absolute Gasteiger partial charge is 0.461 e. The second-order valence-electron chi connectivity index (χ2n) is 3.05. The first-order chi connectivity index (χ1) is 8.06. The molecule has 0 heterocycles. The average molecular weight is 241 g/mol. The van der Waals surface area contributed by atoms with Crippen molar-refractivity contribution < 1.29 is 23.5 Å². The lowest BCUT2D eigenvalue weighted by molar-refractivity contribution is -0.159. The third-order valence-corrected chi connectivity index (χ3v) is 1.85. The van der Waals surface area contributed by atoms with Gasteiger partial charge in [-0.3, -0.25) is 4.79 Å². The molecule has 92 valence electrons. The van der Waals surface area contributed by atoms with E-state index in [4.69, 9.17) is 5.73 Å². The molecule has 0 radical (unpaired) electrons. The van der Waals surface area contributed by atoms with E-state index in [-0.39, 0.29) is 17.9 Å². The van der Waals surface area contributed by atoms with Gasteiger partial charge in [0.2, 0.25) is 0 Å². The van der Waals surface area contributed by atoms with Crippen LogP contribution in [0.5, 0.6) is 5.75 Å². The highest BCUT2D eigenvalue weighted by Crippen LogP contribution is 2.19. The molecule has 1 rings (SSSR count). The van der Waals surface area contributed by atoms with Crippen molar-refractivity contribution in [3.8, 4) is 5.75 Å². The number of carbonyl (C=O) groups is 2. The Balaban J connectivity index is 2.81. The summed E-state index contributed by atoms with van der Waals surface area (Å²) in [5.41, 5.74) is 5.07. The van der Waals surface area contributed by atoms with Crippen LogP contribution in [0.4, 0.5) is 4.39 Å². The van der Waals surface area contributed by atoms with Crippen LogP contribution in [0.2, 0.25) is 0 Å². The van der Waals surface area contributed by atoms with E-state index in [2.05, 4.69) is 9.47 Å². The summed E-state index contributed by atoms with van der Waals surface area (Å²) in [6.07, 6.45) is -2.28. The molecule has 0 fully saturated rings. The molecule has 17 heavy (non-hydrogen) atoms. The summed E-state index contributed by atoms with van der Waals surface area (Å²) in [6, 6.07) is 5.78. The van der Waals surface area contributed by atoms with Crippen LogP contribution in [0, 0.1) is 0 Å². The predicted molar refractivity (Wildman–Crippen MR) is 57.1 cm³/mol. The number of hydrogen-bond donors (Lipinski definition) is 1. The number of benzene rings is 1. The van der Waals surface area contributed by atoms with E-state index in [1.165, 1.54) is 18.2 Å². The number of ether oxygens (including phenoxy) is 2. The van der Waals surface area contributed by atoms with E-state index >= 15 is 0 Å². The Labute approximate surface area is 97.3 Å². The van der Waals surface area contributed by atoms with Crippen LogP contribution in [0.3, 0.4) is 0 Å². The summed E-state index contributed by atoms with van der Waals surface area (Å²) >= 11 is 0. The van der Waals surface area contributed by atoms with Crippen molar-refractivity contribution >= 4 is 11.9 Å². The van der Waals surface area contributed by atoms with Crippen molar-refractivity contribution in [2.45, 2.75) is 13.3 Å². The number of halogens is 1. The molecule has 2 N–H and O–H groups in total. The molecule has 1 unspecified atom stereocenters. The predicted octanol–water partition coefficient (Wildman–Crippen LogP) is 1.02. The normalized spacial score (nSPS) is 11.6. The maximum absolute atomic E-state index is 13.3. The zero-order valence-electron chi connectivity index (χ0n) is 9.18. The van der Waals surface area contributed by atoms with Crippen molar-refractivity contribution in [1.29, 1.82) is 0 Å². The van der Waals surface area contributed by atoms with Crippen molar-refractivity contribution in [1.82, 2.24) is 0 Å². The van der Waals surface area contributed by atoms with Gasteiger partial charge in [-0.05, 0) is 19.1 Å². The first-order valence-corrected chi connectivity index (χ1v) is 4.92. The van der Waals surface area contributed by atoms with Gasteiger partial charge in [0.1, 0.15) is 5.75 Å². The Hall–Kier alpha value is -2.11. The van der Waals surface area contributed by atoms with Gasteiger partial charge >= 0.3 is 12.3 Å². The molecular formula is C11H12FNO4. The Bertz CT molecular complexity index is 422. The number of esters is 1. The number of amides is 1. The molecular weight excluding hydrogens is 229 g/mol. The molecule has 0 aliphatic rings. The first kappa shape index (κ1) is 13.0. The van der Waals surface area contributed by atoms with Gasteiger partial charge in [0, 0.05) is 0 Å². The Kier molecular flexibility index (Phi) is 4.45. The number of hydrogen-bond acceptors (Lipinski definition) is 4. The van der Waals surface area contributed by atoms with Crippen LogP contribution in [0.1, 0.15) is 17.3 Å². The Morgan fingerprint density at radius 3 is 2.65 bits per heavy atom. The van der Waals surface area contributed by atoms with Gasteiger partial charge in [0.25, 0.3) is 5.91 Å². The highest BCUT2D eigenvalue weighted by Gasteiger charge is 2.22. The van der Waals surface area contributed by atoms with Crippen LogP contribution in [-0.4, -0.2) is 24.8 Å². The lowest BCUT2D eigenvalue weighted by atomic mass is 10.2. The molecule has 0 bridgehead atoms. The minimum Gasteiger partial charge on any atom is -0.461 e. The zero-order valence-corrected chi connectivity index (χ0v) is 9.18. The van der Waals surface area contributed by atoms with E-state index in [0.717, 1.165) is 0 Å². The average Bonchev–Trinajstić information content (AvgIpc) is 2.29. The second kappa shape index (κ2) is 5.83. The highest BCUT2D eigenvalue weighted by atomic mass is 19.1. The molecule has 0 saturated heterocycles. The van der Waals surface area contributed by atoms with Gasteiger partial charge < -0.3 is 15.2 Å². The van der Waals surface area contributed by atoms with Gasteiger partial charge in [-0.25, -0.2) is 4.79 Å². The lowest BCUT2D eigenvalue weighted by Crippen LogP contribution is -2.26. The summed E-state index contributed by atoms with van der Waals surface area (Å²) < 4.78 is 22.4. The SMILES string of the molecule is CCOC(=O)C(F)Oc1ccccc1C(N)=O. The quantitative estimate of drug-likeness (QED) is 0.781. The first-order valence-electron chi connectivity index (χ1n) is 4.92. The van der Waals surface area contributed by atoms with Gasteiger partial charge in [-0.15, -0.1) is 0 Å². The van der Waals surface area contributed by atoms with E-state index in [1.807, 2.05) is 0 Å². The number of para-hydroxylation sites is 1. The van der Waals surface area contributed by atoms with Gasteiger partial charge in [-0.2, -0.15) is 4.39 Å². The van der Waals surface area contributed by atoms with Crippen molar-refractivity contribution in [2.24, 2.45) is 5.73 Å². The van der Waals surface area contributed by atoms with Crippen LogP contribution in [-0.2, 0) is 9.53 Å². The smallest absolute Gasteiger partial charge is 0.381 e. The van der Waals surface area contributed by atoms with Crippen LogP contribution in [0.15, 0.2) is 24.3 Å². The van der Waals surface area contributed by atoms with Gasteiger partial charge in [0.15, 0.2) is 0 Å². The molecule has 1 aromatic carbocycles. The summed E-state index contributed by atoms with van der Waals surface area (Å²) in [5.74, 6) is -2.01. The molecule has 1 amide bonds. The third kappa shape index (κ3) is 3.44. The Morgan fingerprint density at radius 1 is 1.41 bits per heavy atom. The molecule has 0 aliphatic heterocycles. The summed E-state index contributed by atoms with van der Waals surface area (Å²) in [5, 5.41) is 0. The Morgan fingerprint density at radius 2 is 2.06 bits per heavy atom. The van der Waals surface area contributed by atoms with Crippen molar-refractivity contribution in [3.63, 3.8) is 0 Å². The number of carbonyl (C=O) groups excluding carboxylic acids is 2. The maximum Gasteiger partial charge on any atom is 0.381 e. The number of primary amides is 1. The van der Waals surface area contributed by atoms with Crippen molar-refractivity contribution in [3.05, 3.63) is 29.8 Å². The molecule has 5 nitrogen and oxygen atoms in total. The van der Waals surface area contributed by atoms with Gasteiger partial charge in [-0.1, -0.05) is 12.1 Å². The number of alkyl halides is 1. The van der Waals surface area contributed by atoms with Crippen LogP contribution in [0.25, 0.3) is 0 Å². The van der Waals surface area contributed by atoms with Gasteiger partial charge in [0.05, 0.1) is 12.2 Å². The minimum atomic E-state index is -2.28. The third-order valence-electron chi connectivity index (χ3n) is 1.85. The lowest BCUT2D eigenvalue weighted by Gasteiger charge is -2.12. The molecule has 0 aliphatic carbocycles. The van der Waals surface area contributed by atoms with E-state index in [9.17, 15) is 14.0 Å². The fourth-order valence-electron chi connectivity index (χ4n) is 1.14. The summed E-state index contributed by atoms with van der Waals surface area (Å²) in [6.45, 7) is 1.59. The fourth-order valence-corrected chi connectivity index (χ4v) is 1.14. The fraction of sp³-hybridized carbons (Fsp3) is 0.273. The minimum absolute atomic E-state index is 0.000511. The number of nitrogens with two attached hydrogens (primary N) is 1. The monoisotopic (exact) mass is 241 g/mol.